The second-order valence-electron chi connectivity index (χ2n) is 5.43. The van der Waals surface area contributed by atoms with Crippen molar-refractivity contribution in [1.82, 2.24) is 4.90 Å². The van der Waals surface area contributed by atoms with Crippen LogP contribution in [0.2, 0.25) is 0 Å². The van der Waals surface area contributed by atoms with Gasteiger partial charge in [-0.2, -0.15) is 0 Å². The number of hydrogen-bond donors (Lipinski definition) is 1. The maximum absolute atomic E-state index is 12.0. The highest BCUT2D eigenvalue weighted by atomic mass is 32.2. The Morgan fingerprint density at radius 2 is 1.96 bits per heavy atom. The van der Waals surface area contributed by atoms with E-state index < -0.39 is 10.0 Å². The summed E-state index contributed by atoms with van der Waals surface area (Å²) in [6, 6.07) is 5.43. The van der Waals surface area contributed by atoms with Crippen molar-refractivity contribution >= 4 is 27.8 Å². The first-order valence-corrected chi connectivity index (χ1v) is 9.27. The molecule has 0 spiro atoms. The molecular formula is C15H23N3O4S. The minimum absolute atomic E-state index is 0.0678. The van der Waals surface area contributed by atoms with Crippen molar-refractivity contribution in [1.29, 1.82) is 0 Å². The fraction of sp³-hybridized carbons (Fsp3) is 0.533. The molecule has 0 aromatic heterocycles. The highest BCUT2D eigenvalue weighted by Gasteiger charge is 2.18. The molecule has 2 rings (SSSR count). The van der Waals surface area contributed by atoms with Gasteiger partial charge in [0.15, 0.2) is 0 Å². The molecule has 0 saturated carbocycles. The van der Waals surface area contributed by atoms with Crippen molar-refractivity contribution in [3.8, 4) is 5.75 Å². The first-order valence-electron chi connectivity index (χ1n) is 7.62. The summed E-state index contributed by atoms with van der Waals surface area (Å²) < 4.78 is 31.9. The van der Waals surface area contributed by atoms with Crippen LogP contribution in [0.4, 0.5) is 11.4 Å². The molecule has 128 valence electrons. The number of nitrogens with zero attached hydrogens (tertiary/aromatic N) is 2. The van der Waals surface area contributed by atoms with Gasteiger partial charge in [0.25, 0.3) is 0 Å². The first-order chi connectivity index (χ1) is 11.0. The fourth-order valence-electron chi connectivity index (χ4n) is 2.55. The summed E-state index contributed by atoms with van der Waals surface area (Å²) in [5.41, 5.74) is 1.35. The van der Waals surface area contributed by atoms with Crippen molar-refractivity contribution in [3.63, 3.8) is 0 Å². The molecule has 1 aliphatic heterocycles. The number of benzene rings is 1. The number of nitrogens with one attached hydrogen (secondary N) is 1. The van der Waals surface area contributed by atoms with Crippen LogP contribution in [0.5, 0.6) is 5.75 Å². The molecule has 0 radical (unpaired) electrons. The summed E-state index contributed by atoms with van der Waals surface area (Å²) in [6.45, 7) is 4.57. The van der Waals surface area contributed by atoms with E-state index in [1.54, 1.807) is 17.0 Å². The summed E-state index contributed by atoms with van der Waals surface area (Å²) in [7, 11) is -1.87. The Labute approximate surface area is 137 Å². The molecular weight excluding hydrogens is 318 g/mol. The highest BCUT2D eigenvalue weighted by Crippen LogP contribution is 2.31. The molecule has 1 aromatic carbocycles. The van der Waals surface area contributed by atoms with Gasteiger partial charge in [-0.3, -0.25) is 9.52 Å². The minimum atomic E-state index is -3.38. The highest BCUT2D eigenvalue weighted by molar-refractivity contribution is 7.92. The Morgan fingerprint density at radius 3 is 2.52 bits per heavy atom. The second kappa shape index (κ2) is 7.54. The van der Waals surface area contributed by atoms with E-state index in [4.69, 9.17) is 4.74 Å². The zero-order valence-electron chi connectivity index (χ0n) is 13.5. The number of rotatable bonds is 7. The van der Waals surface area contributed by atoms with Gasteiger partial charge >= 0.3 is 0 Å². The number of sulfonamides is 1. The molecule has 0 unspecified atom stereocenters. The average Bonchev–Trinajstić information content (AvgIpc) is 2.54. The quantitative estimate of drug-likeness (QED) is 0.752. The van der Waals surface area contributed by atoms with Gasteiger partial charge < -0.3 is 14.5 Å². The Balaban J connectivity index is 2.20. The molecule has 1 fully saturated rings. The predicted molar refractivity (Wildman–Crippen MR) is 90.5 cm³/mol. The molecule has 0 aliphatic carbocycles. The Hall–Kier alpha value is -1.96. The van der Waals surface area contributed by atoms with E-state index in [0.29, 0.717) is 44.0 Å². The summed E-state index contributed by atoms with van der Waals surface area (Å²) in [5, 5.41) is 0. The van der Waals surface area contributed by atoms with Gasteiger partial charge in [-0.15, -0.1) is 0 Å². The van der Waals surface area contributed by atoms with Gasteiger partial charge in [-0.25, -0.2) is 8.42 Å². The third-order valence-corrected chi connectivity index (χ3v) is 5.23. The van der Waals surface area contributed by atoms with E-state index in [0.717, 1.165) is 12.1 Å². The Bertz CT molecular complexity index is 640. The van der Waals surface area contributed by atoms with Crippen LogP contribution < -0.4 is 14.4 Å². The van der Waals surface area contributed by atoms with Crippen LogP contribution in [0.25, 0.3) is 0 Å². The molecule has 1 heterocycles. The van der Waals surface area contributed by atoms with Crippen molar-refractivity contribution < 1.29 is 17.9 Å². The topological polar surface area (TPSA) is 79.0 Å². The number of carbonyl (C=O) groups is 1. The molecule has 0 atom stereocenters. The van der Waals surface area contributed by atoms with Crippen LogP contribution >= 0.6 is 0 Å². The normalized spacial score (nSPS) is 15.4. The van der Waals surface area contributed by atoms with E-state index in [1.807, 2.05) is 13.0 Å². The monoisotopic (exact) mass is 341 g/mol. The number of piperazine rings is 1. The van der Waals surface area contributed by atoms with Crippen molar-refractivity contribution in [2.75, 3.05) is 48.7 Å². The third kappa shape index (κ3) is 4.51. The van der Waals surface area contributed by atoms with Gasteiger partial charge in [-0.05, 0) is 24.6 Å². The molecule has 23 heavy (non-hydrogen) atoms. The maximum atomic E-state index is 12.0. The van der Waals surface area contributed by atoms with Crippen LogP contribution in [0.1, 0.15) is 13.3 Å². The summed E-state index contributed by atoms with van der Waals surface area (Å²) in [5.74, 6) is 0.554. The molecule has 1 amide bonds. The lowest BCUT2D eigenvalue weighted by atomic mass is 10.2. The standard InChI is InChI=1S/C15H23N3O4S/c1-3-10-23(20,21)16-14-11-13(4-5-15(14)22-2)18-8-6-17(12-19)7-9-18/h4-5,11-12,16H,3,6-10H2,1-2H3. The number of carbonyl (C=O) groups excluding carboxylic acids is 1. The van der Waals surface area contributed by atoms with E-state index in [2.05, 4.69) is 9.62 Å². The van der Waals surface area contributed by atoms with Crippen molar-refractivity contribution in [2.24, 2.45) is 0 Å². The molecule has 1 aromatic rings. The van der Waals surface area contributed by atoms with E-state index in [1.165, 1.54) is 7.11 Å². The number of methoxy groups -OCH3 is 1. The lowest BCUT2D eigenvalue weighted by Crippen LogP contribution is -2.45. The van der Waals surface area contributed by atoms with Gasteiger partial charge in [0.05, 0.1) is 18.6 Å². The van der Waals surface area contributed by atoms with Crippen LogP contribution in [0, 0.1) is 0 Å². The molecule has 8 heteroatoms. The lowest BCUT2D eigenvalue weighted by Gasteiger charge is -2.34. The van der Waals surface area contributed by atoms with Gasteiger partial charge in [-0.1, -0.05) is 6.92 Å². The first kappa shape index (κ1) is 17.4. The van der Waals surface area contributed by atoms with Crippen LogP contribution in [-0.2, 0) is 14.8 Å². The van der Waals surface area contributed by atoms with E-state index >= 15 is 0 Å². The number of anilines is 2. The number of ether oxygens (including phenoxy) is 1. The zero-order valence-corrected chi connectivity index (χ0v) is 14.3. The maximum Gasteiger partial charge on any atom is 0.232 e. The summed E-state index contributed by atoms with van der Waals surface area (Å²) in [6.07, 6.45) is 1.40. The predicted octanol–water partition coefficient (Wildman–Crippen LogP) is 1.13. The molecule has 0 bridgehead atoms. The zero-order chi connectivity index (χ0) is 16.9. The summed E-state index contributed by atoms with van der Waals surface area (Å²) in [4.78, 5) is 14.6. The van der Waals surface area contributed by atoms with E-state index in [9.17, 15) is 13.2 Å². The summed E-state index contributed by atoms with van der Waals surface area (Å²) >= 11 is 0. The van der Waals surface area contributed by atoms with Gasteiger partial charge in [0, 0.05) is 31.9 Å². The van der Waals surface area contributed by atoms with Crippen LogP contribution in [-0.4, -0.2) is 58.8 Å². The molecule has 1 N–H and O–H groups in total. The Kier molecular flexibility index (Phi) is 5.70. The average molecular weight is 341 g/mol. The van der Waals surface area contributed by atoms with Crippen molar-refractivity contribution in [3.05, 3.63) is 18.2 Å². The smallest absolute Gasteiger partial charge is 0.232 e. The number of hydrogen-bond acceptors (Lipinski definition) is 5. The van der Waals surface area contributed by atoms with Crippen LogP contribution in [0.3, 0.4) is 0 Å². The molecule has 1 aliphatic rings. The third-order valence-electron chi connectivity index (χ3n) is 3.75. The Morgan fingerprint density at radius 1 is 1.26 bits per heavy atom. The second-order valence-corrected chi connectivity index (χ2v) is 7.28. The fourth-order valence-corrected chi connectivity index (χ4v) is 3.68. The molecule has 1 saturated heterocycles. The van der Waals surface area contributed by atoms with Crippen LogP contribution in [0.15, 0.2) is 18.2 Å². The van der Waals surface area contributed by atoms with E-state index in [-0.39, 0.29) is 5.75 Å². The molecule has 7 nitrogen and oxygen atoms in total. The number of amides is 1. The SMILES string of the molecule is CCCS(=O)(=O)Nc1cc(N2CCN(C=O)CC2)ccc1OC. The van der Waals surface area contributed by atoms with Gasteiger partial charge in [0.2, 0.25) is 16.4 Å². The van der Waals surface area contributed by atoms with Gasteiger partial charge in [0.1, 0.15) is 5.75 Å². The van der Waals surface area contributed by atoms with Crippen molar-refractivity contribution in [2.45, 2.75) is 13.3 Å². The largest absolute Gasteiger partial charge is 0.495 e. The minimum Gasteiger partial charge on any atom is -0.495 e. The lowest BCUT2D eigenvalue weighted by molar-refractivity contribution is -0.118.